The number of carbonyl (C=O) groups excluding carboxylic acids is 3. The Kier molecular flexibility index (Phi) is 4.70. The summed E-state index contributed by atoms with van der Waals surface area (Å²) in [5.74, 6) is -0.725. The number of hydrogen-bond acceptors (Lipinski definition) is 3. The third-order valence-corrected chi connectivity index (χ3v) is 5.05. The quantitative estimate of drug-likeness (QED) is 0.476. The lowest BCUT2D eigenvalue weighted by atomic mass is 9.92. The molecule has 1 unspecified atom stereocenters. The van der Waals surface area contributed by atoms with Gasteiger partial charge >= 0.3 is 6.03 Å². The van der Waals surface area contributed by atoms with E-state index in [-0.39, 0.29) is 5.91 Å². The van der Waals surface area contributed by atoms with Crippen LogP contribution in [0.5, 0.6) is 0 Å². The molecule has 1 atom stereocenters. The summed E-state index contributed by atoms with van der Waals surface area (Å²) in [4.78, 5) is 35.9. The van der Waals surface area contributed by atoms with E-state index in [1.807, 2.05) is 22.6 Å². The van der Waals surface area contributed by atoms with Crippen LogP contribution in [0.4, 0.5) is 10.5 Å². The van der Waals surface area contributed by atoms with Crippen molar-refractivity contribution in [1.29, 1.82) is 0 Å². The molecule has 3 N–H and O–H groups in total. The van der Waals surface area contributed by atoms with Gasteiger partial charge in [0.2, 0.25) is 0 Å². The zero-order chi connectivity index (χ0) is 18.2. The Balaban J connectivity index is 1.86. The van der Waals surface area contributed by atoms with Crippen molar-refractivity contribution in [2.24, 2.45) is 0 Å². The largest absolute Gasteiger partial charge is 0.322 e. The molecule has 0 spiro atoms. The van der Waals surface area contributed by atoms with Crippen molar-refractivity contribution in [3.05, 3.63) is 62.2 Å². The van der Waals surface area contributed by atoms with Crippen LogP contribution >= 0.6 is 34.2 Å². The minimum atomic E-state index is -1.17. The molecule has 0 aliphatic carbocycles. The second-order valence-electron chi connectivity index (χ2n) is 5.69. The van der Waals surface area contributed by atoms with E-state index in [0.717, 1.165) is 3.57 Å². The SMILES string of the molecule is CC1(c2cccc(NC(=O)c3ccc(Cl)cc3I)c2)NC(=O)NC1=O. The third kappa shape index (κ3) is 3.47. The highest BCUT2D eigenvalue weighted by Gasteiger charge is 2.43. The third-order valence-electron chi connectivity index (χ3n) is 3.92. The molecule has 4 amide bonds. The Labute approximate surface area is 162 Å². The van der Waals surface area contributed by atoms with E-state index >= 15 is 0 Å². The van der Waals surface area contributed by atoms with Crippen LogP contribution in [-0.4, -0.2) is 17.8 Å². The first-order valence-corrected chi connectivity index (χ1v) is 8.76. The second kappa shape index (κ2) is 6.64. The van der Waals surface area contributed by atoms with Crippen LogP contribution in [0.25, 0.3) is 0 Å². The van der Waals surface area contributed by atoms with Gasteiger partial charge in [-0.25, -0.2) is 4.79 Å². The zero-order valence-electron chi connectivity index (χ0n) is 13.0. The van der Waals surface area contributed by atoms with Crippen molar-refractivity contribution in [2.45, 2.75) is 12.5 Å². The number of hydrogen-bond donors (Lipinski definition) is 3. The van der Waals surface area contributed by atoms with Gasteiger partial charge in [0.05, 0.1) is 5.56 Å². The molecule has 1 fully saturated rings. The van der Waals surface area contributed by atoms with E-state index in [2.05, 4.69) is 16.0 Å². The molecule has 8 heteroatoms. The molecular weight excluding hydrogens is 457 g/mol. The van der Waals surface area contributed by atoms with E-state index < -0.39 is 17.5 Å². The lowest BCUT2D eigenvalue weighted by molar-refractivity contribution is -0.123. The monoisotopic (exact) mass is 469 g/mol. The average Bonchev–Trinajstić information content (AvgIpc) is 2.81. The number of nitrogens with one attached hydrogen (secondary N) is 3. The van der Waals surface area contributed by atoms with Gasteiger partial charge in [-0.1, -0.05) is 23.7 Å². The highest BCUT2D eigenvalue weighted by atomic mass is 127. The van der Waals surface area contributed by atoms with Crippen molar-refractivity contribution in [3.63, 3.8) is 0 Å². The molecule has 6 nitrogen and oxygen atoms in total. The number of halogens is 2. The summed E-state index contributed by atoms with van der Waals surface area (Å²) in [6.07, 6.45) is 0. The molecule has 1 aliphatic rings. The maximum absolute atomic E-state index is 12.5. The number of carbonyl (C=O) groups is 3. The van der Waals surface area contributed by atoms with Gasteiger partial charge in [-0.3, -0.25) is 14.9 Å². The molecule has 0 saturated carbocycles. The van der Waals surface area contributed by atoms with E-state index in [4.69, 9.17) is 11.6 Å². The van der Waals surface area contributed by atoms with E-state index in [9.17, 15) is 14.4 Å². The number of anilines is 1. The average molecular weight is 470 g/mol. The molecule has 0 bridgehead atoms. The number of amides is 4. The van der Waals surface area contributed by atoms with Crippen LogP contribution < -0.4 is 16.0 Å². The van der Waals surface area contributed by atoms with Gasteiger partial charge in [-0.2, -0.15) is 0 Å². The summed E-state index contributed by atoms with van der Waals surface area (Å²) in [6.45, 7) is 1.61. The van der Waals surface area contributed by atoms with Gasteiger partial charge < -0.3 is 10.6 Å². The fraction of sp³-hybridized carbons (Fsp3) is 0.118. The Morgan fingerprint density at radius 3 is 2.60 bits per heavy atom. The van der Waals surface area contributed by atoms with Gasteiger partial charge in [-0.15, -0.1) is 0 Å². The molecule has 25 heavy (non-hydrogen) atoms. The summed E-state index contributed by atoms with van der Waals surface area (Å²) in [6, 6.07) is 11.2. The summed E-state index contributed by atoms with van der Waals surface area (Å²) in [5.41, 5.74) is 0.406. The number of urea groups is 1. The highest BCUT2D eigenvalue weighted by molar-refractivity contribution is 14.1. The smallest absolute Gasteiger partial charge is 0.322 e. The van der Waals surface area contributed by atoms with Crippen LogP contribution in [0, 0.1) is 3.57 Å². The van der Waals surface area contributed by atoms with Crippen LogP contribution in [0.2, 0.25) is 5.02 Å². The number of imide groups is 1. The normalized spacial score (nSPS) is 19.3. The lowest BCUT2D eigenvalue weighted by Gasteiger charge is -2.21. The molecular formula is C17H13ClIN3O3. The maximum atomic E-state index is 12.5. The summed E-state index contributed by atoms with van der Waals surface area (Å²) < 4.78 is 0.730. The summed E-state index contributed by atoms with van der Waals surface area (Å²) >= 11 is 7.95. The van der Waals surface area contributed by atoms with Crippen LogP contribution in [0.1, 0.15) is 22.8 Å². The lowest BCUT2D eigenvalue weighted by Crippen LogP contribution is -2.40. The predicted molar refractivity (Wildman–Crippen MR) is 103 cm³/mol. The Morgan fingerprint density at radius 1 is 1.20 bits per heavy atom. The first-order chi connectivity index (χ1) is 11.8. The fourth-order valence-electron chi connectivity index (χ4n) is 2.53. The summed E-state index contributed by atoms with van der Waals surface area (Å²) in [7, 11) is 0. The summed E-state index contributed by atoms with van der Waals surface area (Å²) in [5, 5.41) is 8.16. The molecule has 0 radical (unpaired) electrons. The fourth-order valence-corrected chi connectivity index (χ4v) is 3.64. The van der Waals surface area contributed by atoms with E-state index in [1.54, 1.807) is 49.4 Å². The maximum Gasteiger partial charge on any atom is 0.322 e. The molecule has 1 saturated heterocycles. The van der Waals surface area contributed by atoms with Gasteiger partial charge in [-0.05, 0) is 65.4 Å². The number of benzene rings is 2. The molecule has 0 aromatic heterocycles. The van der Waals surface area contributed by atoms with Gasteiger partial charge in [0.15, 0.2) is 0 Å². The second-order valence-corrected chi connectivity index (χ2v) is 7.29. The number of rotatable bonds is 3. The molecule has 128 valence electrons. The standard InChI is InChI=1S/C17H13ClIN3O3/c1-17(15(24)21-16(25)22-17)9-3-2-4-11(7-9)20-14(23)12-6-5-10(18)8-13(12)19/h2-8H,1H3,(H,20,23)(H2,21,22,24,25). The molecule has 3 rings (SSSR count). The predicted octanol–water partition coefficient (Wildman–Crippen LogP) is 3.25. The van der Waals surface area contributed by atoms with E-state index in [1.165, 1.54) is 0 Å². The minimum absolute atomic E-state index is 0.289. The molecule has 2 aromatic carbocycles. The molecule has 2 aromatic rings. The Morgan fingerprint density at radius 2 is 1.96 bits per heavy atom. The zero-order valence-corrected chi connectivity index (χ0v) is 15.9. The van der Waals surface area contributed by atoms with Crippen molar-refractivity contribution < 1.29 is 14.4 Å². The van der Waals surface area contributed by atoms with Crippen LogP contribution in [0.3, 0.4) is 0 Å². The van der Waals surface area contributed by atoms with Crippen LogP contribution in [-0.2, 0) is 10.3 Å². The van der Waals surface area contributed by atoms with Gasteiger partial charge in [0.1, 0.15) is 5.54 Å². The Bertz CT molecular complexity index is 902. The first-order valence-electron chi connectivity index (χ1n) is 7.30. The Hall–Kier alpha value is -2.13. The van der Waals surface area contributed by atoms with Crippen molar-refractivity contribution in [3.8, 4) is 0 Å². The highest BCUT2D eigenvalue weighted by Crippen LogP contribution is 2.27. The minimum Gasteiger partial charge on any atom is -0.322 e. The molecule has 1 heterocycles. The van der Waals surface area contributed by atoms with Crippen molar-refractivity contribution in [2.75, 3.05) is 5.32 Å². The van der Waals surface area contributed by atoms with Gasteiger partial charge in [0.25, 0.3) is 11.8 Å². The van der Waals surface area contributed by atoms with E-state index in [0.29, 0.717) is 21.8 Å². The topological polar surface area (TPSA) is 87.3 Å². The van der Waals surface area contributed by atoms with Gasteiger partial charge in [0, 0.05) is 14.3 Å². The first kappa shape index (κ1) is 17.7. The van der Waals surface area contributed by atoms with Crippen LogP contribution in [0.15, 0.2) is 42.5 Å². The van der Waals surface area contributed by atoms with Crippen molar-refractivity contribution >= 4 is 57.7 Å². The van der Waals surface area contributed by atoms with Crippen molar-refractivity contribution in [1.82, 2.24) is 10.6 Å². The molecule has 1 aliphatic heterocycles.